The molecular weight excluding hydrogens is 160 g/mol. The first-order valence-corrected chi connectivity index (χ1v) is 4.78. The summed E-state index contributed by atoms with van der Waals surface area (Å²) in [6.07, 6.45) is 10.8. The fourth-order valence-corrected chi connectivity index (χ4v) is 1.47. The van der Waals surface area contributed by atoms with Crippen LogP contribution in [0.2, 0.25) is 0 Å². The summed E-state index contributed by atoms with van der Waals surface area (Å²) in [5, 5.41) is 0. The van der Waals surface area contributed by atoms with Crippen LogP contribution in [0.5, 0.6) is 0 Å². The highest BCUT2D eigenvalue weighted by Crippen LogP contribution is 2.16. The molecule has 1 heteroatoms. The van der Waals surface area contributed by atoms with Gasteiger partial charge in [0.1, 0.15) is 0 Å². The SMILES string of the molecule is C/C=C/C(C)=C/C1=CCCCC1=O. The molecule has 0 saturated carbocycles. The van der Waals surface area contributed by atoms with E-state index in [2.05, 4.69) is 0 Å². The molecule has 0 aliphatic heterocycles. The topological polar surface area (TPSA) is 17.1 Å². The maximum absolute atomic E-state index is 11.4. The van der Waals surface area contributed by atoms with Crippen LogP contribution in [0, 0.1) is 0 Å². The fourth-order valence-electron chi connectivity index (χ4n) is 1.47. The molecule has 0 amide bonds. The second-order valence-electron chi connectivity index (χ2n) is 3.36. The van der Waals surface area contributed by atoms with Crippen LogP contribution in [0.25, 0.3) is 0 Å². The van der Waals surface area contributed by atoms with Crippen molar-refractivity contribution in [1.29, 1.82) is 0 Å². The van der Waals surface area contributed by atoms with Gasteiger partial charge in [-0.25, -0.2) is 0 Å². The molecule has 0 N–H and O–H groups in total. The zero-order valence-corrected chi connectivity index (χ0v) is 8.34. The van der Waals surface area contributed by atoms with Crippen molar-refractivity contribution >= 4 is 5.78 Å². The molecule has 0 aromatic rings. The molecule has 0 fully saturated rings. The first-order valence-electron chi connectivity index (χ1n) is 4.78. The van der Waals surface area contributed by atoms with Crippen molar-refractivity contribution in [2.75, 3.05) is 0 Å². The van der Waals surface area contributed by atoms with Crippen molar-refractivity contribution in [3.8, 4) is 0 Å². The lowest BCUT2D eigenvalue weighted by molar-refractivity contribution is -0.115. The Hall–Kier alpha value is -1.11. The van der Waals surface area contributed by atoms with E-state index < -0.39 is 0 Å². The summed E-state index contributed by atoms with van der Waals surface area (Å²) >= 11 is 0. The number of hydrogen-bond acceptors (Lipinski definition) is 1. The molecule has 0 radical (unpaired) electrons. The fraction of sp³-hybridized carbons (Fsp3) is 0.417. The second-order valence-corrected chi connectivity index (χ2v) is 3.36. The van der Waals surface area contributed by atoms with E-state index in [0.717, 1.165) is 24.0 Å². The van der Waals surface area contributed by atoms with Gasteiger partial charge in [0.2, 0.25) is 0 Å². The van der Waals surface area contributed by atoms with Gasteiger partial charge in [-0.1, -0.05) is 23.8 Å². The van der Waals surface area contributed by atoms with E-state index in [1.807, 2.05) is 38.2 Å². The third-order valence-corrected chi connectivity index (χ3v) is 2.11. The molecule has 1 rings (SSSR count). The van der Waals surface area contributed by atoms with Crippen LogP contribution in [0.1, 0.15) is 33.1 Å². The van der Waals surface area contributed by atoms with E-state index in [-0.39, 0.29) is 5.78 Å². The summed E-state index contributed by atoms with van der Waals surface area (Å²) in [5.41, 5.74) is 2.03. The molecular formula is C12H16O. The zero-order chi connectivity index (χ0) is 9.68. The predicted molar refractivity (Wildman–Crippen MR) is 55.5 cm³/mol. The highest BCUT2D eigenvalue weighted by molar-refractivity contribution is 5.98. The van der Waals surface area contributed by atoms with Crippen LogP contribution < -0.4 is 0 Å². The van der Waals surface area contributed by atoms with Gasteiger partial charge in [-0.15, -0.1) is 0 Å². The highest BCUT2D eigenvalue weighted by Gasteiger charge is 2.10. The van der Waals surface area contributed by atoms with Gasteiger partial charge >= 0.3 is 0 Å². The van der Waals surface area contributed by atoms with Crippen molar-refractivity contribution < 1.29 is 4.79 Å². The summed E-state index contributed by atoms with van der Waals surface area (Å²) in [7, 11) is 0. The molecule has 1 aliphatic rings. The van der Waals surface area contributed by atoms with Crippen molar-refractivity contribution in [2.45, 2.75) is 33.1 Å². The van der Waals surface area contributed by atoms with E-state index in [4.69, 9.17) is 0 Å². The van der Waals surface area contributed by atoms with Crippen LogP contribution in [0.4, 0.5) is 0 Å². The number of carbonyl (C=O) groups excluding carboxylic acids is 1. The van der Waals surface area contributed by atoms with Crippen LogP contribution in [0.15, 0.2) is 35.5 Å². The van der Waals surface area contributed by atoms with E-state index in [0.29, 0.717) is 6.42 Å². The van der Waals surface area contributed by atoms with Crippen LogP contribution in [0.3, 0.4) is 0 Å². The maximum atomic E-state index is 11.4. The first kappa shape index (κ1) is 9.97. The van der Waals surface area contributed by atoms with Crippen molar-refractivity contribution in [3.05, 3.63) is 35.5 Å². The summed E-state index contributed by atoms with van der Waals surface area (Å²) in [4.78, 5) is 11.4. The number of allylic oxidation sites excluding steroid dienone is 6. The van der Waals surface area contributed by atoms with Gasteiger partial charge in [0.15, 0.2) is 5.78 Å². The molecule has 0 aromatic carbocycles. The first-order chi connectivity index (χ1) is 6.24. The monoisotopic (exact) mass is 176 g/mol. The third kappa shape index (κ3) is 3.02. The van der Waals surface area contributed by atoms with Gasteiger partial charge in [-0.05, 0) is 32.8 Å². The molecule has 1 nitrogen and oxygen atoms in total. The Morgan fingerprint density at radius 1 is 1.54 bits per heavy atom. The number of hydrogen-bond donors (Lipinski definition) is 0. The maximum Gasteiger partial charge on any atom is 0.162 e. The minimum atomic E-state index is 0.287. The smallest absolute Gasteiger partial charge is 0.162 e. The van der Waals surface area contributed by atoms with Gasteiger partial charge in [0.25, 0.3) is 0 Å². The van der Waals surface area contributed by atoms with Crippen LogP contribution >= 0.6 is 0 Å². The Morgan fingerprint density at radius 2 is 2.31 bits per heavy atom. The Balaban J connectivity index is 2.77. The number of Topliss-reactive ketones (excluding diaryl/α,β-unsaturated/α-hetero) is 1. The predicted octanol–water partition coefficient (Wildman–Crippen LogP) is 3.19. The Labute approximate surface area is 79.8 Å². The average molecular weight is 176 g/mol. The van der Waals surface area contributed by atoms with E-state index in [1.165, 1.54) is 0 Å². The third-order valence-electron chi connectivity index (χ3n) is 2.11. The molecule has 0 spiro atoms. The highest BCUT2D eigenvalue weighted by atomic mass is 16.1. The van der Waals surface area contributed by atoms with Crippen molar-refractivity contribution in [2.24, 2.45) is 0 Å². The summed E-state index contributed by atoms with van der Waals surface area (Å²) < 4.78 is 0. The summed E-state index contributed by atoms with van der Waals surface area (Å²) in [6.45, 7) is 4.00. The zero-order valence-electron chi connectivity index (χ0n) is 8.34. The Bertz CT molecular complexity index is 279. The average Bonchev–Trinajstić information content (AvgIpc) is 2.09. The summed E-state index contributed by atoms with van der Waals surface area (Å²) in [6, 6.07) is 0. The second kappa shape index (κ2) is 4.80. The van der Waals surface area contributed by atoms with Crippen LogP contribution in [-0.4, -0.2) is 5.78 Å². The standard InChI is InChI=1S/C12H16O/c1-3-6-10(2)9-11-7-4-5-8-12(11)13/h3,6-7,9H,4-5,8H2,1-2H3/b6-3+,10-9+. The Kier molecular flexibility index (Phi) is 3.69. The van der Waals surface area contributed by atoms with Gasteiger partial charge in [0, 0.05) is 12.0 Å². The Morgan fingerprint density at radius 3 is 2.92 bits per heavy atom. The molecule has 1 aliphatic carbocycles. The number of rotatable bonds is 2. The minimum absolute atomic E-state index is 0.287. The molecule has 0 saturated heterocycles. The van der Waals surface area contributed by atoms with Gasteiger partial charge in [-0.2, -0.15) is 0 Å². The lowest BCUT2D eigenvalue weighted by atomic mass is 9.96. The van der Waals surface area contributed by atoms with Gasteiger partial charge < -0.3 is 0 Å². The van der Waals surface area contributed by atoms with E-state index in [1.54, 1.807) is 0 Å². The lowest BCUT2D eigenvalue weighted by Gasteiger charge is -2.07. The number of ketones is 1. The minimum Gasteiger partial charge on any atom is -0.294 e. The number of carbonyl (C=O) groups is 1. The summed E-state index contributed by atoms with van der Waals surface area (Å²) in [5.74, 6) is 0.287. The molecule has 0 aromatic heterocycles. The van der Waals surface area contributed by atoms with Gasteiger partial charge in [0.05, 0.1) is 0 Å². The molecule has 0 atom stereocenters. The van der Waals surface area contributed by atoms with Gasteiger partial charge in [-0.3, -0.25) is 4.79 Å². The molecule has 0 heterocycles. The van der Waals surface area contributed by atoms with Crippen LogP contribution in [-0.2, 0) is 4.79 Å². The molecule has 0 bridgehead atoms. The lowest BCUT2D eigenvalue weighted by Crippen LogP contribution is -2.05. The van der Waals surface area contributed by atoms with Crippen molar-refractivity contribution in [3.63, 3.8) is 0 Å². The van der Waals surface area contributed by atoms with Crippen molar-refractivity contribution in [1.82, 2.24) is 0 Å². The molecule has 70 valence electrons. The van der Waals surface area contributed by atoms with E-state index >= 15 is 0 Å². The molecule has 13 heavy (non-hydrogen) atoms. The largest absolute Gasteiger partial charge is 0.294 e. The van der Waals surface area contributed by atoms with E-state index in [9.17, 15) is 4.79 Å². The quantitative estimate of drug-likeness (QED) is 0.590. The normalized spacial score (nSPS) is 19.4. The molecule has 0 unspecified atom stereocenters.